The van der Waals surface area contributed by atoms with Gasteiger partial charge in [-0.15, -0.1) is 0 Å². The summed E-state index contributed by atoms with van der Waals surface area (Å²) >= 11 is 0. The molecule has 0 radical (unpaired) electrons. The van der Waals surface area contributed by atoms with Crippen LogP contribution < -0.4 is 0 Å². The van der Waals surface area contributed by atoms with E-state index in [0.29, 0.717) is 5.92 Å². The van der Waals surface area contributed by atoms with E-state index in [4.69, 9.17) is 4.98 Å². The minimum Gasteiger partial charge on any atom is -0.339 e. The highest BCUT2D eigenvalue weighted by atomic mass is 14.9. The maximum Gasteiger partial charge on any atom is 0.138 e. The van der Waals surface area contributed by atoms with Crippen LogP contribution in [0.4, 0.5) is 0 Å². The standard InChI is InChI=1S/C18H21N3/c1-2-4-6-13(7-5-3-1)16-9-8-14-15-12-19-11-10-17(15)21-18(14)20-16/h8-13H,1-7H2,(H,20,21). The lowest BCUT2D eigenvalue weighted by Crippen LogP contribution is -2.04. The molecule has 0 atom stereocenters. The van der Waals surface area contributed by atoms with Gasteiger partial charge in [-0.05, 0) is 31.0 Å². The molecule has 0 spiro atoms. The number of H-pyrrole nitrogens is 1. The maximum atomic E-state index is 4.93. The van der Waals surface area contributed by atoms with Gasteiger partial charge in [-0.2, -0.15) is 0 Å². The zero-order valence-electron chi connectivity index (χ0n) is 12.3. The van der Waals surface area contributed by atoms with Gasteiger partial charge in [0.1, 0.15) is 5.65 Å². The number of nitrogens with zero attached hydrogens (tertiary/aromatic N) is 2. The molecular formula is C18H21N3. The Balaban J connectivity index is 1.73. The third-order valence-corrected chi connectivity index (χ3v) is 4.80. The Labute approximate surface area is 124 Å². The van der Waals surface area contributed by atoms with Crippen molar-refractivity contribution in [1.29, 1.82) is 0 Å². The molecule has 1 fully saturated rings. The monoisotopic (exact) mass is 279 g/mol. The molecule has 1 aliphatic rings. The quantitative estimate of drug-likeness (QED) is 0.685. The second-order valence-corrected chi connectivity index (χ2v) is 6.22. The Morgan fingerprint density at radius 2 is 1.71 bits per heavy atom. The lowest BCUT2D eigenvalue weighted by molar-refractivity contribution is 0.450. The summed E-state index contributed by atoms with van der Waals surface area (Å²) in [5.41, 5.74) is 3.41. The fourth-order valence-electron chi connectivity index (χ4n) is 3.61. The van der Waals surface area contributed by atoms with Crippen LogP contribution in [0.3, 0.4) is 0 Å². The van der Waals surface area contributed by atoms with Crippen molar-refractivity contribution in [1.82, 2.24) is 15.0 Å². The van der Waals surface area contributed by atoms with Crippen molar-refractivity contribution < 1.29 is 0 Å². The van der Waals surface area contributed by atoms with Gasteiger partial charge in [0.05, 0.1) is 5.52 Å². The zero-order valence-corrected chi connectivity index (χ0v) is 12.3. The third kappa shape index (κ3) is 2.41. The molecule has 0 saturated heterocycles. The summed E-state index contributed by atoms with van der Waals surface area (Å²) in [6.45, 7) is 0. The normalized spacial score (nSPS) is 17.9. The van der Waals surface area contributed by atoms with Crippen LogP contribution in [0.2, 0.25) is 0 Å². The summed E-state index contributed by atoms with van der Waals surface area (Å²) in [6.07, 6.45) is 13.2. The molecule has 4 rings (SSSR count). The van der Waals surface area contributed by atoms with Gasteiger partial charge >= 0.3 is 0 Å². The topological polar surface area (TPSA) is 41.6 Å². The van der Waals surface area contributed by atoms with E-state index in [2.05, 4.69) is 22.1 Å². The Bertz CT molecular complexity index is 751. The van der Waals surface area contributed by atoms with Crippen molar-refractivity contribution in [3.8, 4) is 0 Å². The molecule has 0 bridgehead atoms. The molecule has 1 N–H and O–H groups in total. The predicted molar refractivity (Wildman–Crippen MR) is 86.5 cm³/mol. The highest BCUT2D eigenvalue weighted by Gasteiger charge is 2.16. The molecule has 108 valence electrons. The van der Waals surface area contributed by atoms with Crippen LogP contribution in [0.25, 0.3) is 21.9 Å². The Morgan fingerprint density at radius 1 is 0.905 bits per heavy atom. The third-order valence-electron chi connectivity index (χ3n) is 4.80. The minimum atomic E-state index is 0.638. The van der Waals surface area contributed by atoms with Crippen LogP contribution in [-0.2, 0) is 0 Å². The van der Waals surface area contributed by atoms with Gasteiger partial charge in [0.15, 0.2) is 0 Å². The molecule has 1 saturated carbocycles. The van der Waals surface area contributed by atoms with Crippen molar-refractivity contribution in [3.63, 3.8) is 0 Å². The van der Waals surface area contributed by atoms with Crippen LogP contribution in [0, 0.1) is 0 Å². The summed E-state index contributed by atoms with van der Waals surface area (Å²) in [7, 11) is 0. The molecule has 3 heteroatoms. The van der Waals surface area contributed by atoms with E-state index >= 15 is 0 Å². The van der Waals surface area contributed by atoms with Crippen molar-refractivity contribution in [2.75, 3.05) is 0 Å². The molecule has 0 amide bonds. The SMILES string of the molecule is c1cc2[nH]c3nc(C4CCCCCCC4)ccc3c2cn1. The van der Waals surface area contributed by atoms with Gasteiger partial charge in [-0.3, -0.25) is 4.98 Å². The lowest BCUT2D eigenvalue weighted by Gasteiger charge is -2.19. The first-order valence-electron chi connectivity index (χ1n) is 8.14. The first-order valence-corrected chi connectivity index (χ1v) is 8.14. The molecule has 3 aromatic heterocycles. The summed E-state index contributed by atoms with van der Waals surface area (Å²) < 4.78 is 0. The first kappa shape index (κ1) is 12.8. The average Bonchev–Trinajstić information content (AvgIpc) is 2.84. The van der Waals surface area contributed by atoms with E-state index in [1.807, 2.05) is 18.5 Å². The number of aromatic amines is 1. The van der Waals surface area contributed by atoms with Crippen LogP contribution in [0.5, 0.6) is 0 Å². The molecule has 3 nitrogen and oxygen atoms in total. The van der Waals surface area contributed by atoms with E-state index < -0.39 is 0 Å². The number of nitrogens with one attached hydrogen (secondary N) is 1. The molecule has 0 unspecified atom stereocenters. The van der Waals surface area contributed by atoms with Crippen molar-refractivity contribution in [2.24, 2.45) is 0 Å². The second kappa shape index (κ2) is 5.47. The van der Waals surface area contributed by atoms with Crippen molar-refractivity contribution >= 4 is 21.9 Å². The van der Waals surface area contributed by atoms with E-state index in [1.165, 1.54) is 61.4 Å². The van der Waals surface area contributed by atoms with E-state index in [9.17, 15) is 0 Å². The van der Waals surface area contributed by atoms with E-state index in [-0.39, 0.29) is 0 Å². The minimum absolute atomic E-state index is 0.638. The number of rotatable bonds is 1. The fraction of sp³-hybridized carbons (Fsp3) is 0.444. The summed E-state index contributed by atoms with van der Waals surface area (Å²) in [5.74, 6) is 0.638. The molecule has 0 aliphatic heterocycles. The van der Waals surface area contributed by atoms with Gasteiger partial charge < -0.3 is 4.98 Å². The predicted octanol–water partition coefficient (Wildman–Crippen LogP) is 4.94. The van der Waals surface area contributed by atoms with Crippen LogP contribution in [0.15, 0.2) is 30.6 Å². The van der Waals surface area contributed by atoms with Gasteiger partial charge in [0, 0.05) is 34.8 Å². The van der Waals surface area contributed by atoms with Crippen LogP contribution in [0.1, 0.15) is 56.6 Å². The van der Waals surface area contributed by atoms with Gasteiger partial charge in [0.2, 0.25) is 0 Å². The van der Waals surface area contributed by atoms with Crippen LogP contribution in [-0.4, -0.2) is 15.0 Å². The summed E-state index contributed by atoms with van der Waals surface area (Å²) in [5, 5.41) is 2.36. The maximum absolute atomic E-state index is 4.93. The average molecular weight is 279 g/mol. The summed E-state index contributed by atoms with van der Waals surface area (Å²) in [4.78, 5) is 12.6. The molecule has 3 heterocycles. The fourth-order valence-corrected chi connectivity index (χ4v) is 3.61. The number of aromatic nitrogens is 3. The molecule has 1 aliphatic carbocycles. The molecule has 21 heavy (non-hydrogen) atoms. The number of fused-ring (bicyclic) bond motifs is 3. The Morgan fingerprint density at radius 3 is 2.57 bits per heavy atom. The molecular weight excluding hydrogens is 258 g/mol. The van der Waals surface area contributed by atoms with Crippen LogP contribution >= 0.6 is 0 Å². The lowest BCUT2D eigenvalue weighted by atomic mass is 9.88. The summed E-state index contributed by atoms with van der Waals surface area (Å²) in [6, 6.07) is 6.47. The highest BCUT2D eigenvalue weighted by molar-refractivity contribution is 6.05. The van der Waals surface area contributed by atoms with Crippen molar-refractivity contribution in [3.05, 3.63) is 36.3 Å². The largest absolute Gasteiger partial charge is 0.339 e. The van der Waals surface area contributed by atoms with Gasteiger partial charge in [-0.25, -0.2) is 4.98 Å². The zero-order chi connectivity index (χ0) is 14.1. The number of hydrogen-bond donors (Lipinski definition) is 1. The van der Waals surface area contributed by atoms with E-state index in [0.717, 1.165) is 11.2 Å². The number of hydrogen-bond acceptors (Lipinski definition) is 2. The Kier molecular flexibility index (Phi) is 3.34. The van der Waals surface area contributed by atoms with Gasteiger partial charge in [-0.1, -0.05) is 32.1 Å². The molecule has 0 aromatic carbocycles. The Hall–Kier alpha value is -1.90. The van der Waals surface area contributed by atoms with E-state index in [1.54, 1.807) is 0 Å². The molecule has 3 aromatic rings. The first-order chi connectivity index (χ1) is 10.4. The number of pyridine rings is 2. The highest BCUT2D eigenvalue weighted by Crippen LogP contribution is 2.32. The second-order valence-electron chi connectivity index (χ2n) is 6.22. The van der Waals surface area contributed by atoms with Gasteiger partial charge in [0.25, 0.3) is 0 Å². The smallest absolute Gasteiger partial charge is 0.138 e. The van der Waals surface area contributed by atoms with Crippen molar-refractivity contribution in [2.45, 2.75) is 50.9 Å².